The quantitative estimate of drug-likeness (QED) is 0.617. The molecule has 1 aromatic carbocycles. The molecule has 7 nitrogen and oxygen atoms in total. The van der Waals surface area contributed by atoms with Crippen molar-refractivity contribution >= 4 is 15.7 Å². The molecule has 1 aliphatic rings. The number of para-hydroxylation sites is 1. The zero-order chi connectivity index (χ0) is 14.8. The largest absolute Gasteiger partial charge is 0.313 e. The smallest absolute Gasteiger partial charge is 0.273 e. The molecule has 1 aromatic rings. The molecule has 0 radical (unpaired) electrons. The summed E-state index contributed by atoms with van der Waals surface area (Å²) in [4.78, 5) is 10.4. The average Bonchev–Trinajstić information content (AvgIpc) is 2.33. The lowest BCUT2D eigenvalue weighted by atomic mass is 10.2. The van der Waals surface area contributed by atoms with Crippen molar-refractivity contribution in [3.63, 3.8) is 0 Å². The summed E-state index contributed by atoms with van der Waals surface area (Å²) in [5, 5.41) is 14.0. The van der Waals surface area contributed by atoms with Crippen LogP contribution in [0.2, 0.25) is 0 Å². The fraction of sp³-hybridized carbons (Fsp3) is 0.500. The van der Waals surface area contributed by atoms with Gasteiger partial charge in [0.15, 0.2) is 0 Å². The number of hydrogen-bond acceptors (Lipinski definition) is 5. The van der Waals surface area contributed by atoms with Gasteiger partial charge in [0.05, 0.1) is 10.7 Å². The minimum absolute atomic E-state index is 0.0484. The number of likely N-dealkylation sites (N-methyl/N-ethyl adjacent to an activating group) is 1. The third-order valence-electron chi connectivity index (χ3n) is 3.36. The van der Waals surface area contributed by atoms with E-state index in [0.29, 0.717) is 19.6 Å². The van der Waals surface area contributed by atoms with Crippen LogP contribution in [0.15, 0.2) is 24.3 Å². The van der Waals surface area contributed by atoms with E-state index in [4.69, 9.17) is 0 Å². The SMILES string of the molecule is CCN(C1CNC1)S(=O)(=O)Cc1ccccc1[N+](=O)[O-]. The zero-order valence-electron chi connectivity index (χ0n) is 11.2. The Hall–Kier alpha value is -1.51. The monoisotopic (exact) mass is 299 g/mol. The molecule has 110 valence electrons. The van der Waals surface area contributed by atoms with Crippen LogP contribution in [0.5, 0.6) is 0 Å². The third-order valence-corrected chi connectivity index (χ3v) is 5.31. The van der Waals surface area contributed by atoms with E-state index < -0.39 is 14.9 Å². The molecular weight excluding hydrogens is 282 g/mol. The van der Waals surface area contributed by atoms with Crippen molar-refractivity contribution in [1.29, 1.82) is 0 Å². The standard InChI is InChI=1S/C12H17N3O4S/c1-2-14(11-7-13-8-11)20(18,19)9-10-5-3-4-6-12(10)15(16)17/h3-6,11,13H,2,7-9H2,1H3. The Bertz CT molecular complexity index is 598. The van der Waals surface area contributed by atoms with Crippen LogP contribution < -0.4 is 5.32 Å². The van der Waals surface area contributed by atoms with E-state index in [1.807, 2.05) is 0 Å². The van der Waals surface area contributed by atoms with Gasteiger partial charge in [0.2, 0.25) is 10.0 Å². The van der Waals surface area contributed by atoms with E-state index in [1.54, 1.807) is 13.0 Å². The summed E-state index contributed by atoms with van der Waals surface area (Å²) < 4.78 is 26.2. The number of hydrogen-bond donors (Lipinski definition) is 1. The van der Waals surface area contributed by atoms with E-state index in [9.17, 15) is 18.5 Å². The molecule has 0 atom stereocenters. The molecule has 1 fully saturated rings. The summed E-state index contributed by atoms with van der Waals surface area (Å²) in [6.45, 7) is 3.40. The van der Waals surface area contributed by atoms with Crippen LogP contribution in [-0.2, 0) is 15.8 Å². The molecule has 0 bridgehead atoms. The van der Waals surface area contributed by atoms with Gasteiger partial charge in [0.25, 0.3) is 5.69 Å². The van der Waals surface area contributed by atoms with Crippen LogP contribution in [0.25, 0.3) is 0 Å². The van der Waals surface area contributed by atoms with Crippen molar-refractivity contribution in [3.8, 4) is 0 Å². The van der Waals surface area contributed by atoms with Gasteiger partial charge < -0.3 is 5.32 Å². The van der Waals surface area contributed by atoms with Gasteiger partial charge in [0, 0.05) is 37.3 Å². The van der Waals surface area contributed by atoms with Crippen molar-refractivity contribution in [3.05, 3.63) is 39.9 Å². The van der Waals surface area contributed by atoms with Gasteiger partial charge in [-0.15, -0.1) is 0 Å². The maximum Gasteiger partial charge on any atom is 0.273 e. The third kappa shape index (κ3) is 2.97. The van der Waals surface area contributed by atoms with Crippen molar-refractivity contribution in [1.82, 2.24) is 9.62 Å². The topological polar surface area (TPSA) is 92.6 Å². The summed E-state index contributed by atoms with van der Waals surface area (Å²) in [5.41, 5.74) is 0.0714. The molecular formula is C12H17N3O4S. The van der Waals surface area contributed by atoms with Gasteiger partial charge in [-0.2, -0.15) is 4.31 Å². The molecule has 2 rings (SSSR count). The molecule has 1 heterocycles. The van der Waals surface area contributed by atoms with Gasteiger partial charge in [-0.05, 0) is 0 Å². The predicted molar refractivity (Wildman–Crippen MR) is 74.8 cm³/mol. The summed E-state index contributed by atoms with van der Waals surface area (Å²) in [6, 6.07) is 5.91. The molecule has 0 unspecified atom stereocenters. The van der Waals surface area contributed by atoms with Gasteiger partial charge in [0.1, 0.15) is 0 Å². The lowest BCUT2D eigenvalue weighted by Gasteiger charge is -2.36. The summed E-state index contributed by atoms with van der Waals surface area (Å²) in [7, 11) is -3.55. The fourth-order valence-electron chi connectivity index (χ4n) is 2.25. The van der Waals surface area contributed by atoms with E-state index in [1.165, 1.54) is 22.5 Å². The van der Waals surface area contributed by atoms with Crippen molar-refractivity contribution in [2.75, 3.05) is 19.6 Å². The second kappa shape index (κ2) is 5.86. The predicted octanol–water partition coefficient (Wildman–Crippen LogP) is 0.718. The number of nitrogens with one attached hydrogen (secondary N) is 1. The Morgan fingerprint density at radius 2 is 2.05 bits per heavy atom. The lowest BCUT2D eigenvalue weighted by molar-refractivity contribution is -0.385. The van der Waals surface area contributed by atoms with E-state index in [2.05, 4.69) is 5.32 Å². The molecule has 1 saturated heterocycles. The molecule has 0 spiro atoms. The summed E-state index contributed by atoms with van der Waals surface area (Å²) in [5.74, 6) is -0.339. The van der Waals surface area contributed by atoms with Crippen molar-refractivity contribution in [2.24, 2.45) is 0 Å². The van der Waals surface area contributed by atoms with Crippen molar-refractivity contribution in [2.45, 2.75) is 18.7 Å². The molecule has 0 saturated carbocycles. The maximum atomic E-state index is 12.4. The van der Waals surface area contributed by atoms with E-state index in [-0.39, 0.29) is 23.0 Å². The summed E-state index contributed by atoms with van der Waals surface area (Å²) >= 11 is 0. The molecule has 20 heavy (non-hydrogen) atoms. The highest BCUT2D eigenvalue weighted by molar-refractivity contribution is 7.88. The number of rotatable bonds is 6. The van der Waals surface area contributed by atoms with Crippen LogP contribution in [0.3, 0.4) is 0 Å². The summed E-state index contributed by atoms with van der Waals surface area (Å²) in [6.07, 6.45) is 0. The number of benzene rings is 1. The first-order valence-electron chi connectivity index (χ1n) is 6.38. The normalized spacial score (nSPS) is 16.1. The highest BCUT2D eigenvalue weighted by Crippen LogP contribution is 2.23. The number of sulfonamides is 1. The van der Waals surface area contributed by atoms with E-state index in [0.717, 1.165) is 0 Å². The Balaban J connectivity index is 2.25. The van der Waals surface area contributed by atoms with Gasteiger partial charge in [-0.25, -0.2) is 8.42 Å². The first kappa shape index (κ1) is 14.9. The second-order valence-corrected chi connectivity index (χ2v) is 6.58. The lowest BCUT2D eigenvalue weighted by Crippen LogP contribution is -2.58. The van der Waals surface area contributed by atoms with Crippen LogP contribution in [-0.4, -0.2) is 43.3 Å². The first-order valence-corrected chi connectivity index (χ1v) is 7.99. The minimum atomic E-state index is -3.55. The first-order chi connectivity index (χ1) is 9.45. The number of nitro benzene ring substituents is 1. The van der Waals surface area contributed by atoms with E-state index >= 15 is 0 Å². The number of nitro groups is 1. The molecule has 0 amide bonds. The Morgan fingerprint density at radius 3 is 2.55 bits per heavy atom. The molecule has 0 aliphatic carbocycles. The highest BCUT2D eigenvalue weighted by Gasteiger charge is 2.33. The van der Waals surface area contributed by atoms with Gasteiger partial charge in [-0.1, -0.05) is 25.1 Å². The Kier molecular flexibility index (Phi) is 4.36. The van der Waals surface area contributed by atoms with Crippen molar-refractivity contribution < 1.29 is 13.3 Å². The maximum absolute atomic E-state index is 12.4. The van der Waals surface area contributed by atoms with Crippen LogP contribution in [0.4, 0.5) is 5.69 Å². The van der Waals surface area contributed by atoms with Crippen LogP contribution >= 0.6 is 0 Å². The molecule has 1 aliphatic heterocycles. The highest BCUT2D eigenvalue weighted by atomic mass is 32.2. The number of nitrogens with zero attached hydrogens (tertiary/aromatic N) is 2. The minimum Gasteiger partial charge on any atom is -0.313 e. The molecule has 8 heteroatoms. The van der Waals surface area contributed by atoms with Crippen LogP contribution in [0, 0.1) is 10.1 Å². The zero-order valence-corrected chi connectivity index (χ0v) is 12.0. The van der Waals surface area contributed by atoms with Gasteiger partial charge >= 0.3 is 0 Å². The second-order valence-electron chi connectivity index (χ2n) is 4.66. The van der Waals surface area contributed by atoms with Gasteiger partial charge in [-0.3, -0.25) is 10.1 Å². The average molecular weight is 299 g/mol. The Labute approximate surface area is 117 Å². The Morgan fingerprint density at radius 1 is 1.40 bits per heavy atom. The molecule has 1 N–H and O–H groups in total. The molecule has 0 aromatic heterocycles. The van der Waals surface area contributed by atoms with Crippen LogP contribution in [0.1, 0.15) is 12.5 Å². The fourth-order valence-corrected chi connectivity index (χ4v) is 4.05.